The van der Waals surface area contributed by atoms with E-state index in [-0.39, 0.29) is 28.9 Å². The van der Waals surface area contributed by atoms with Gasteiger partial charge in [-0.1, -0.05) is 12.1 Å². The number of para-hydroxylation sites is 2. The van der Waals surface area contributed by atoms with E-state index in [1.807, 2.05) is 0 Å². The number of guanidine groups is 1. The average Bonchev–Trinajstić information content (AvgIpc) is 2.68. The lowest BCUT2D eigenvalue weighted by Crippen LogP contribution is -2.58. The second-order valence-electron chi connectivity index (χ2n) is 7.73. The highest BCUT2D eigenvalue weighted by Gasteiger charge is 2.53. The van der Waals surface area contributed by atoms with Crippen LogP contribution < -0.4 is 15.8 Å². The van der Waals surface area contributed by atoms with Gasteiger partial charge in [0.25, 0.3) is 0 Å². The van der Waals surface area contributed by atoms with Gasteiger partial charge < -0.3 is 15.8 Å². The molecule has 0 bridgehead atoms. The molecule has 1 aliphatic heterocycles. The zero-order chi connectivity index (χ0) is 22.3. The molecule has 30 heavy (non-hydrogen) atoms. The number of nitrogens with zero attached hydrogens (tertiary/aromatic N) is 2. The monoisotopic (exact) mass is 420 g/mol. The van der Waals surface area contributed by atoms with E-state index < -0.39 is 23.4 Å². The lowest BCUT2D eigenvalue weighted by atomic mass is 9.67. The van der Waals surface area contributed by atoms with Gasteiger partial charge in [-0.15, -0.1) is 0 Å². The molecule has 0 radical (unpaired) electrons. The summed E-state index contributed by atoms with van der Waals surface area (Å²) in [5.74, 6) is -0.940. The lowest BCUT2D eigenvalue weighted by molar-refractivity contribution is -0.140. The molecule has 6 nitrogen and oxygen atoms in total. The Labute approximate surface area is 172 Å². The number of aliphatic imine (C=N–C) groups is 1. The van der Waals surface area contributed by atoms with Crippen LogP contribution in [0.1, 0.15) is 26.3 Å². The first-order valence-corrected chi connectivity index (χ1v) is 9.22. The number of hydrogen-bond acceptors (Lipinski definition) is 5. The summed E-state index contributed by atoms with van der Waals surface area (Å²) in [7, 11) is 1.51. The number of carbonyl (C=O) groups is 1. The Hall–Kier alpha value is -3.23. The van der Waals surface area contributed by atoms with Crippen molar-refractivity contribution in [1.29, 1.82) is 0 Å². The van der Waals surface area contributed by atoms with Crippen molar-refractivity contribution in [2.24, 2.45) is 16.1 Å². The average molecular weight is 420 g/mol. The Bertz CT molecular complexity index is 1010. The lowest BCUT2D eigenvalue weighted by Gasteiger charge is -2.46. The summed E-state index contributed by atoms with van der Waals surface area (Å²) in [6.45, 7) is 2.00. The van der Waals surface area contributed by atoms with Crippen LogP contribution in [0.5, 0.6) is 5.75 Å². The van der Waals surface area contributed by atoms with E-state index in [0.29, 0.717) is 5.69 Å². The van der Waals surface area contributed by atoms with Gasteiger partial charge in [0.2, 0.25) is 5.91 Å². The fraction of sp³-hybridized carbons (Fsp3) is 0.333. The van der Waals surface area contributed by atoms with E-state index in [4.69, 9.17) is 5.73 Å². The van der Waals surface area contributed by atoms with Crippen LogP contribution in [0.3, 0.4) is 0 Å². The highest BCUT2D eigenvalue weighted by Crippen LogP contribution is 2.48. The van der Waals surface area contributed by atoms with Crippen molar-refractivity contribution in [1.82, 2.24) is 4.90 Å². The maximum absolute atomic E-state index is 14.9. The van der Waals surface area contributed by atoms with Gasteiger partial charge in [-0.2, -0.15) is 8.78 Å². The summed E-state index contributed by atoms with van der Waals surface area (Å²) in [4.78, 5) is 18.5. The van der Waals surface area contributed by atoms with Gasteiger partial charge in [0.1, 0.15) is 17.1 Å². The molecule has 3 N–H and O–H groups in total. The van der Waals surface area contributed by atoms with Crippen LogP contribution in [0.4, 0.5) is 24.5 Å². The molecule has 1 unspecified atom stereocenters. The Balaban J connectivity index is 2.06. The maximum Gasteiger partial charge on any atom is 0.387 e. The Kier molecular flexibility index (Phi) is 5.40. The Morgan fingerprint density at radius 3 is 2.50 bits per heavy atom. The van der Waals surface area contributed by atoms with Gasteiger partial charge in [-0.3, -0.25) is 9.69 Å². The van der Waals surface area contributed by atoms with Crippen molar-refractivity contribution < 1.29 is 22.7 Å². The van der Waals surface area contributed by atoms with Crippen molar-refractivity contribution in [2.75, 3.05) is 12.4 Å². The third-order valence-electron chi connectivity index (χ3n) is 5.61. The van der Waals surface area contributed by atoms with E-state index in [0.717, 1.165) is 0 Å². The van der Waals surface area contributed by atoms with Crippen LogP contribution >= 0.6 is 0 Å². The predicted molar refractivity (Wildman–Crippen MR) is 108 cm³/mol. The van der Waals surface area contributed by atoms with E-state index >= 15 is 0 Å². The van der Waals surface area contributed by atoms with Crippen LogP contribution in [0.25, 0.3) is 0 Å². The van der Waals surface area contributed by atoms with Crippen LogP contribution in [0.15, 0.2) is 47.5 Å². The highest BCUT2D eigenvalue weighted by molar-refractivity contribution is 6.01. The second-order valence-corrected chi connectivity index (χ2v) is 7.73. The van der Waals surface area contributed by atoms with Gasteiger partial charge in [0.15, 0.2) is 5.96 Å². The fourth-order valence-corrected chi connectivity index (χ4v) is 3.47. The van der Waals surface area contributed by atoms with E-state index in [2.05, 4.69) is 15.0 Å². The number of halogens is 3. The van der Waals surface area contributed by atoms with Crippen LogP contribution in [-0.2, 0) is 10.3 Å². The number of amides is 1. The maximum atomic E-state index is 14.9. The fourth-order valence-electron chi connectivity index (χ4n) is 3.47. The molecule has 9 heteroatoms. The number of rotatable bonds is 5. The summed E-state index contributed by atoms with van der Waals surface area (Å²) in [5, 5.41) is 2.96. The van der Waals surface area contributed by atoms with E-state index in [1.165, 1.54) is 36.2 Å². The zero-order valence-electron chi connectivity index (χ0n) is 17.0. The number of hydrogen-bond donors (Lipinski definition) is 2. The van der Waals surface area contributed by atoms with Gasteiger partial charge in [0, 0.05) is 18.3 Å². The SMILES string of the molecule is CN1C(=O)C(C)(C)C(C)(c2cc(Nc3ccccc3OC(F)F)ccc2F)N=C1N. The molecule has 160 valence electrons. The predicted octanol–water partition coefficient (Wildman–Crippen LogP) is 4.20. The minimum absolute atomic E-state index is 0.0183. The van der Waals surface area contributed by atoms with Gasteiger partial charge in [-0.25, -0.2) is 9.38 Å². The first-order valence-electron chi connectivity index (χ1n) is 9.22. The first-order chi connectivity index (χ1) is 14.0. The summed E-state index contributed by atoms with van der Waals surface area (Å²) in [6, 6.07) is 10.3. The number of nitrogens with two attached hydrogens (primary N) is 1. The molecule has 0 spiro atoms. The molecule has 0 saturated heterocycles. The van der Waals surface area contributed by atoms with E-state index in [1.54, 1.807) is 39.0 Å². The molecule has 1 atom stereocenters. The first kappa shape index (κ1) is 21.5. The number of nitrogens with one attached hydrogen (secondary N) is 1. The molecule has 1 heterocycles. The Morgan fingerprint density at radius 1 is 1.17 bits per heavy atom. The molecular formula is C21H23F3N4O2. The largest absolute Gasteiger partial charge is 0.433 e. The van der Waals surface area contributed by atoms with Crippen LogP contribution in [0.2, 0.25) is 0 Å². The molecule has 0 fully saturated rings. The number of alkyl halides is 2. The normalized spacial score (nSPS) is 20.9. The highest BCUT2D eigenvalue weighted by atomic mass is 19.3. The van der Waals surface area contributed by atoms with Crippen LogP contribution in [0, 0.1) is 11.2 Å². The molecule has 1 aliphatic rings. The van der Waals surface area contributed by atoms with E-state index in [9.17, 15) is 18.0 Å². The number of ether oxygens (including phenoxy) is 1. The standard InChI is InChI=1S/C21H23F3N4O2/c1-20(2)17(29)28(4)19(25)27-21(20,3)13-11-12(9-10-14(13)22)26-15-7-5-6-8-16(15)30-18(23)24/h5-11,18,26H,1-4H3,(H2,25,27). The third-order valence-corrected chi connectivity index (χ3v) is 5.61. The molecule has 0 aromatic heterocycles. The van der Waals surface area contributed by atoms with Gasteiger partial charge in [0.05, 0.1) is 11.1 Å². The van der Waals surface area contributed by atoms with Crippen molar-refractivity contribution in [3.63, 3.8) is 0 Å². The number of carbonyl (C=O) groups excluding carboxylic acids is 1. The molecular weight excluding hydrogens is 397 g/mol. The summed E-state index contributed by atoms with van der Waals surface area (Å²) < 4.78 is 44.8. The zero-order valence-corrected chi connectivity index (χ0v) is 17.0. The molecule has 2 aromatic rings. The third kappa shape index (κ3) is 3.55. The van der Waals surface area contributed by atoms with Gasteiger partial charge >= 0.3 is 6.61 Å². The van der Waals surface area contributed by atoms with Gasteiger partial charge in [-0.05, 0) is 51.1 Å². The molecule has 0 aliphatic carbocycles. The molecule has 1 amide bonds. The molecule has 2 aromatic carbocycles. The minimum Gasteiger partial charge on any atom is -0.433 e. The van der Waals surface area contributed by atoms with Crippen molar-refractivity contribution in [3.8, 4) is 5.75 Å². The van der Waals surface area contributed by atoms with Crippen molar-refractivity contribution >= 4 is 23.2 Å². The molecule has 3 rings (SSSR count). The summed E-state index contributed by atoms with van der Waals surface area (Å²) >= 11 is 0. The van der Waals surface area contributed by atoms with Crippen LogP contribution in [-0.4, -0.2) is 30.4 Å². The van der Waals surface area contributed by atoms with Crippen molar-refractivity contribution in [2.45, 2.75) is 32.9 Å². The molecule has 0 saturated carbocycles. The van der Waals surface area contributed by atoms with Crippen molar-refractivity contribution in [3.05, 3.63) is 53.8 Å². The second kappa shape index (κ2) is 7.55. The quantitative estimate of drug-likeness (QED) is 0.760. The number of anilines is 2. The summed E-state index contributed by atoms with van der Waals surface area (Å²) in [6.07, 6.45) is 0. The summed E-state index contributed by atoms with van der Waals surface area (Å²) in [5.41, 5.74) is 4.36. The minimum atomic E-state index is -2.99. The smallest absolute Gasteiger partial charge is 0.387 e. The topological polar surface area (TPSA) is 80.0 Å². The Morgan fingerprint density at radius 2 is 1.83 bits per heavy atom. The number of benzene rings is 2.